The molecule has 0 aliphatic carbocycles. The van der Waals surface area contributed by atoms with E-state index in [2.05, 4.69) is 29.1 Å². The van der Waals surface area contributed by atoms with E-state index >= 15 is 0 Å². The van der Waals surface area contributed by atoms with Crippen LogP contribution in [0, 0.1) is 11.8 Å². The molecule has 2 bridgehead atoms. The number of nitrogens with zero attached hydrogens (tertiary/aromatic N) is 3. The van der Waals surface area contributed by atoms with Crippen molar-refractivity contribution in [2.24, 2.45) is 11.8 Å². The number of amides is 3. The zero-order valence-corrected chi connectivity index (χ0v) is 24.4. The summed E-state index contributed by atoms with van der Waals surface area (Å²) in [6, 6.07) is 9.08. The smallest absolute Gasteiger partial charge is 0.247 e. The number of rotatable bonds is 13. The van der Waals surface area contributed by atoms with Crippen molar-refractivity contribution in [2.75, 3.05) is 32.8 Å². The van der Waals surface area contributed by atoms with Crippen molar-refractivity contribution < 1.29 is 19.5 Å². The van der Waals surface area contributed by atoms with Crippen LogP contribution in [0.15, 0.2) is 55.6 Å². The molecular formula is C29H38BrN3O4S. The molecule has 206 valence electrons. The summed E-state index contributed by atoms with van der Waals surface area (Å²) < 4.78 is -0.703. The zero-order chi connectivity index (χ0) is 27.4. The molecule has 0 saturated carbocycles. The largest absolute Gasteiger partial charge is 0.396 e. The van der Waals surface area contributed by atoms with Gasteiger partial charge < -0.3 is 19.8 Å². The number of aliphatic hydroxyl groups excluding tert-OH is 1. The molecule has 1 spiro atoms. The van der Waals surface area contributed by atoms with Crippen molar-refractivity contribution in [3.8, 4) is 0 Å². The van der Waals surface area contributed by atoms with Crippen molar-refractivity contribution in [3.05, 3.63) is 61.2 Å². The molecule has 3 amide bonds. The first kappa shape index (κ1) is 28.9. The summed E-state index contributed by atoms with van der Waals surface area (Å²) in [7, 11) is 0. The van der Waals surface area contributed by atoms with Gasteiger partial charge in [-0.1, -0.05) is 65.3 Å². The summed E-state index contributed by atoms with van der Waals surface area (Å²) in [5.41, 5.74) is 0.998. The van der Waals surface area contributed by atoms with Crippen LogP contribution in [0.2, 0.25) is 0 Å². The van der Waals surface area contributed by atoms with Crippen LogP contribution in [-0.4, -0.2) is 91.2 Å². The normalized spacial score (nSPS) is 29.3. The van der Waals surface area contributed by atoms with E-state index in [0.717, 1.165) is 12.0 Å². The number of halogens is 1. The van der Waals surface area contributed by atoms with Gasteiger partial charge in [0.05, 0.1) is 16.6 Å². The summed E-state index contributed by atoms with van der Waals surface area (Å²) in [4.78, 5) is 47.7. The lowest BCUT2D eigenvalue weighted by molar-refractivity contribution is -0.144. The second-order valence-corrected chi connectivity index (χ2v) is 13.1. The predicted molar refractivity (Wildman–Crippen MR) is 155 cm³/mol. The van der Waals surface area contributed by atoms with Gasteiger partial charge in [-0.05, 0) is 24.8 Å². The molecule has 3 aliphatic heterocycles. The summed E-state index contributed by atoms with van der Waals surface area (Å²) in [6.07, 6.45) is 5.26. The van der Waals surface area contributed by atoms with Gasteiger partial charge in [0.15, 0.2) is 0 Å². The van der Waals surface area contributed by atoms with E-state index in [4.69, 9.17) is 0 Å². The van der Waals surface area contributed by atoms with Gasteiger partial charge in [-0.2, -0.15) is 0 Å². The molecule has 1 aromatic carbocycles. The van der Waals surface area contributed by atoms with Gasteiger partial charge in [-0.15, -0.1) is 24.9 Å². The van der Waals surface area contributed by atoms with Gasteiger partial charge in [0.1, 0.15) is 6.04 Å². The van der Waals surface area contributed by atoms with Gasteiger partial charge in [0.2, 0.25) is 17.7 Å². The molecule has 3 unspecified atom stereocenters. The van der Waals surface area contributed by atoms with Crippen molar-refractivity contribution in [1.29, 1.82) is 0 Å². The molecule has 6 atom stereocenters. The fourth-order valence-corrected chi connectivity index (χ4v) is 10.1. The monoisotopic (exact) mass is 603 g/mol. The van der Waals surface area contributed by atoms with E-state index in [1.807, 2.05) is 37.3 Å². The van der Waals surface area contributed by atoms with Crippen LogP contribution in [0.5, 0.6) is 0 Å². The van der Waals surface area contributed by atoms with Crippen LogP contribution in [0.4, 0.5) is 0 Å². The topological polar surface area (TPSA) is 81.2 Å². The summed E-state index contributed by atoms with van der Waals surface area (Å²) in [5, 5.41) is 9.52. The molecule has 1 aromatic rings. The highest BCUT2D eigenvalue weighted by molar-refractivity contribution is 9.09. The molecule has 1 N–H and O–H groups in total. The quantitative estimate of drug-likeness (QED) is 0.276. The van der Waals surface area contributed by atoms with Gasteiger partial charge in [-0.3, -0.25) is 14.4 Å². The number of hydrogen-bond acceptors (Lipinski definition) is 5. The van der Waals surface area contributed by atoms with Crippen LogP contribution in [0.25, 0.3) is 0 Å². The third-order valence-electron chi connectivity index (χ3n) is 7.90. The van der Waals surface area contributed by atoms with E-state index in [0.29, 0.717) is 39.0 Å². The average molecular weight is 605 g/mol. The van der Waals surface area contributed by atoms with Crippen LogP contribution in [0.1, 0.15) is 31.7 Å². The lowest BCUT2D eigenvalue weighted by Crippen LogP contribution is -2.55. The van der Waals surface area contributed by atoms with Gasteiger partial charge in [0.25, 0.3) is 0 Å². The Labute approximate surface area is 238 Å². The molecule has 4 rings (SSSR count). The lowest BCUT2D eigenvalue weighted by Gasteiger charge is -2.38. The Morgan fingerprint density at radius 1 is 1.18 bits per heavy atom. The van der Waals surface area contributed by atoms with Crippen LogP contribution in [0.3, 0.4) is 0 Å². The summed E-state index contributed by atoms with van der Waals surface area (Å²) in [5.74, 6) is -1.37. The van der Waals surface area contributed by atoms with Crippen LogP contribution < -0.4 is 0 Å². The number of alkyl halides is 1. The molecular weight excluding hydrogens is 566 g/mol. The Hall–Kier alpha value is -2.10. The van der Waals surface area contributed by atoms with Crippen molar-refractivity contribution in [2.45, 2.75) is 53.6 Å². The summed E-state index contributed by atoms with van der Waals surface area (Å²) >= 11 is 5.48. The van der Waals surface area contributed by atoms with E-state index in [9.17, 15) is 19.5 Å². The highest BCUT2D eigenvalue weighted by atomic mass is 79.9. The van der Waals surface area contributed by atoms with E-state index < -0.39 is 22.6 Å². The van der Waals surface area contributed by atoms with Gasteiger partial charge >= 0.3 is 0 Å². The average Bonchev–Trinajstić information content (AvgIpc) is 3.50. The maximum Gasteiger partial charge on any atom is 0.247 e. The highest BCUT2D eigenvalue weighted by Crippen LogP contribution is 2.68. The Morgan fingerprint density at radius 2 is 1.87 bits per heavy atom. The number of fused-ring (bicyclic) bond motifs is 1. The Kier molecular flexibility index (Phi) is 9.42. The maximum absolute atomic E-state index is 14.4. The SMILES string of the molecule is C=CCN(Cc1ccccc1)C(=O)C1N(CCCO)C(=O)[C@@H]2[C@H](C(=O)N(CC=C)CCC)[C@H]3SC12CC3Br. The molecule has 3 fully saturated rings. The third-order valence-corrected chi connectivity index (χ3v) is 11.1. The minimum Gasteiger partial charge on any atom is -0.396 e. The number of benzene rings is 1. The lowest BCUT2D eigenvalue weighted by atomic mass is 9.70. The minimum absolute atomic E-state index is 0.0211. The molecule has 0 aromatic heterocycles. The first-order chi connectivity index (χ1) is 18.3. The zero-order valence-electron chi connectivity index (χ0n) is 22.0. The second-order valence-electron chi connectivity index (χ2n) is 10.3. The second kappa shape index (κ2) is 12.4. The molecule has 7 nitrogen and oxygen atoms in total. The highest BCUT2D eigenvalue weighted by Gasteiger charge is 2.75. The number of carbonyl (C=O) groups excluding carboxylic acids is 3. The number of carbonyl (C=O) groups is 3. The minimum atomic E-state index is -0.706. The van der Waals surface area contributed by atoms with E-state index in [1.165, 1.54) is 0 Å². The van der Waals surface area contributed by atoms with Gasteiger partial charge in [0, 0.05) is 49.4 Å². The molecule has 3 aliphatic rings. The molecule has 9 heteroatoms. The fourth-order valence-electron chi connectivity index (χ4n) is 6.47. The standard InChI is InChI=1S/C29H38BrN3O4S/c1-4-13-31(14-5-2)26(35)22-23-27(36)33(16-10-17-34)25(29(23)18-21(30)24(22)38-29)28(37)32(15-6-3)19-20-11-8-7-9-12-20/h4,6-9,11-12,21-25,34H,1,3,5,10,13-19H2,2H3/t21?,22-,23-,24-,25?,29?/m0/s1. The van der Waals surface area contributed by atoms with Crippen molar-refractivity contribution in [1.82, 2.24) is 14.7 Å². The first-order valence-corrected chi connectivity index (χ1v) is 15.2. The number of thioether (sulfide) groups is 1. The number of aliphatic hydroxyl groups is 1. The maximum atomic E-state index is 14.4. The van der Waals surface area contributed by atoms with E-state index in [1.54, 1.807) is 38.6 Å². The Morgan fingerprint density at radius 3 is 2.50 bits per heavy atom. The third kappa shape index (κ3) is 5.09. The van der Waals surface area contributed by atoms with Crippen LogP contribution >= 0.6 is 27.7 Å². The van der Waals surface area contributed by atoms with Crippen molar-refractivity contribution in [3.63, 3.8) is 0 Å². The van der Waals surface area contributed by atoms with E-state index in [-0.39, 0.29) is 41.0 Å². The summed E-state index contributed by atoms with van der Waals surface area (Å²) in [6.45, 7) is 11.7. The van der Waals surface area contributed by atoms with Crippen molar-refractivity contribution >= 4 is 45.4 Å². The number of likely N-dealkylation sites (tertiary alicyclic amines) is 1. The van der Waals surface area contributed by atoms with Gasteiger partial charge in [-0.25, -0.2) is 0 Å². The fraction of sp³-hybridized carbons (Fsp3) is 0.552. The molecule has 3 heterocycles. The molecule has 38 heavy (non-hydrogen) atoms. The number of hydrogen-bond donors (Lipinski definition) is 1. The first-order valence-electron chi connectivity index (χ1n) is 13.4. The Bertz CT molecular complexity index is 1060. The predicted octanol–water partition coefficient (Wildman–Crippen LogP) is 3.47. The molecule has 0 radical (unpaired) electrons. The van der Waals surface area contributed by atoms with Crippen LogP contribution in [-0.2, 0) is 20.9 Å². The Balaban J connectivity index is 1.73. The molecule has 3 saturated heterocycles.